The van der Waals surface area contributed by atoms with Crippen molar-refractivity contribution >= 4 is 16.9 Å². The lowest BCUT2D eigenvalue weighted by molar-refractivity contribution is -0.122. The van der Waals surface area contributed by atoms with Crippen LogP contribution in [0.1, 0.15) is 37.8 Å². The number of carbonyl (C=O) groups excluding carboxylic acids is 1. The van der Waals surface area contributed by atoms with Gasteiger partial charge in [-0.15, -0.1) is 0 Å². The second-order valence-corrected chi connectivity index (χ2v) is 5.91. The minimum atomic E-state index is -0.0110. The minimum Gasteiger partial charge on any atom is -0.348 e. The summed E-state index contributed by atoms with van der Waals surface area (Å²) in [6, 6.07) is 11.8. The number of carbonyl (C=O) groups is 1. The van der Waals surface area contributed by atoms with Crippen LogP contribution in [0.5, 0.6) is 0 Å². The molecular weight excluding hydrogens is 300 g/mol. The maximum Gasteiger partial charge on any atom is 0.240 e. The lowest BCUT2D eigenvalue weighted by Crippen LogP contribution is -2.31. The van der Waals surface area contributed by atoms with Crippen LogP contribution in [0.15, 0.2) is 55.1 Å². The van der Waals surface area contributed by atoms with Gasteiger partial charge >= 0.3 is 0 Å². The van der Waals surface area contributed by atoms with E-state index >= 15 is 0 Å². The Morgan fingerprint density at radius 2 is 2.12 bits per heavy atom. The Bertz CT molecular complexity index is 797. The normalized spacial score (nSPS) is 12.2. The van der Waals surface area contributed by atoms with Crippen molar-refractivity contribution in [2.24, 2.45) is 0 Å². The first-order valence-electron chi connectivity index (χ1n) is 8.37. The van der Waals surface area contributed by atoms with E-state index in [1.54, 1.807) is 12.5 Å². The summed E-state index contributed by atoms with van der Waals surface area (Å²) in [4.78, 5) is 21.0. The molecule has 1 amide bonds. The van der Waals surface area contributed by atoms with E-state index in [1.807, 2.05) is 47.2 Å². The molecule has 0 aliphatic rings. The third kappa shape index (κ3) is 3.79. The maximum atomic E-state index is 12.5. The molecule has 0 bridgehead atoms. The fraction of sp³-hybridized carbons (Fsp3) is 0.316. The zero-order chi connectivity index (χ0) is 16.8. The molecule has 124 valence electrons. The molecule has 2 aromatic heterocycles. The van der Waals surface area contributed by atoms with E-state index in [1.165, 1.54) is 0 Å². The third-order valence-corrected chi connectivity index (χ3v) is 4.11. The summed E-state index contributed by atoms with van der Waals surface area (Å²) >= 11 is 0. The van der Waals surface area contributed by atoms with E-state index in [4.69, 9.17) is 0 Å². The van der Waals surface area contributed by atoms with Crippen molar-refractivity contribution in [3.8, 4) is 0 Å². The zero-order valence-corrected chi connectivity index (χ0v) is 13.9. The lowest BCUT2D eigenvalue weighted by atomic mass is 10.0. The molecule has 2 heterocycles. The fourth-order valence-corrected chi connectivity index (χ4v) is 2.84. The molecular formula is C19H22N4O. The molecule has 0 saturated heterocycles. The first kappa shape index (κ1) is 16.2. The van der Waals surface area contributed by atoms with Crippen molar-refractivity contribution < 1.29 is 4.79 Å². The van der Waals surface area contributed by atoms with Gasteiger partial charge in [-0.3, -0.25) is 9.78 Å². The lowest BCUT2D eigenvalue weighted by Gasteiger charge is -2.19. The van der Waals surface area contributed by atoms with Gasteiger partial charge in [-0.2, -0.15) is 0 Å². The van der Waals surface area contributed by atoms with E-state index in [-0.39, 0.29) is 18.5 Å². The predicted molar refractivity (Wildman–Crippen MR) is 94.4 cm³/mol. The Hall–Kier alpha value is -2.69. The van der Waals surface area contributed by atoms with Crippen molar-refractivity contribution in [1.82, 2.24) is 19.9 Å². The largest absolute Gasteiger partial charge is 0.348 e. The number of benzene rings is 1. The predicted octanol–water partition coefficient (Wildman–Crippen LogP) is 3.48. The Labute approximate surface area is 141 Å². The average Bonchev–Trinajstić information content (AvgIpc) is 3.02. The highest BCUT2D eigenvalue weighted by molar-refractivity contribution is 5.80. The molecule has 0 saturated carbocycles. The van der Waals surface area contributed by atoms with Crippen LogP contribution in [0, 0.1) is 0 Å². The Morgan fingerprint density at radius 1 is 1.25 bits per heavy atom. The summed E-state index contributed by atoms with van der Waals surface area (Å²) in [6.07, 6.45) is 8.37. The summed E-state index contributed by atoms with van der Waals surface area (Å²) < 4.78 is 1.88. The molecule has 0 aliphatic heterocycles. The van der Waals surface area contributed by atoms with Gasteiger partial charge in [-0.05, 0) is 30.2 Å². The van der Waals surface area contributed by atoms with E-state index in [9.17, 15) is 4.79 Å². The minimum absolute atomic E-state index is 0.000866. The smallest absolute Gasteiger partial charge is 0.240 e. The van der Waals surface area contributed by atoms with Gasteiger partial charge in [0.25, 0.3) is 0 Å². The molecule has 0 fully saturated rings. The third-order valence-electron chi connectivity index (χ3n) is 4.11. The van der Waals surface area contributed by atoms with Gasteiger partial charge < -0.3 is 9.88 Å². The van der Waals surface area contributed by atoms with Crippen LogP contribution in [-0.4, -0.2) is 20.4 Å². The van der Waals surface area contributed by atoms with E-state index < -0.39 is 0 Å². The van der Waals surface area contributed by atoms with Gasteiger partial charge in [0.1, 0.15) is 6.54 Å². The maximum absolute atomic E-state index is 12.5. The van der Waals surface area contributed by atoms with Crippen LogP contribution in [-0.2, 0) is 11.3 Å². The SMILES string of the molecule is CCCC[C@H](NC(=O)Cn1cnc2ccccc21)c1cccnc1. The molecule has 0 radical (unpaired) electrons. The number of fused-ring (bicyclic) bond motifs is 1. The van der Waals surface area contributed by atoms with Crippen LogP contribution in [0.2, 0.25) is 0 Å². The zero-order valence-electron chi connectivity index (χ0n) is 13.9. The first-order valence-corrected chi connectivity index (χ1v) is 8.37. The van der Waals surface area contributed by atoms with Gasteiger partial charge in [0.15, 0.2) is 0 Å². The molecule has 1 N–H and O–H groups in total. The number of nitrogens with zero attached hydrogens (tertiary/aromatic N) is 3. The van der Waals surface area contributed by atoms with E-state index in [0.717, 1.165) is 35.9 Å². The number of para-hydroxylation sites is 2. The summed E-state index contributed by atoms with van der Waals surface area (Å²) in [7, 11) is 0. The fourth-order valence-electron chi connectivity index (χ4n) is 2.84. The summed E-state index contributed by atoms with van der Waals surface area (Å²) in [5.74, 6) is -0.0110. The van der Waals surface area contributed by atoms with Crippen molar-refractivity contribution in [2.75, 3.05) is 0 Å². The number of imidazole rings is 1. The molecule has 0 unspecified atom stereocenters. The Morgan fingerprint density at radius 3 is 2.92 bits per heavy atom. The number of hydrogen-bond donors (Lipinski definition) is 1. The van der Waals surface area contributed by atoms with Crippen molar-refractivity contribution in [3.63, 3.8) is 0 Å². The monoisotopic (exact) mass is 322 g/mol. The molecule has 3 aromatic rings. The first-order chi connectivity index (χ1) is 11.8. The van der Waals surface area contributed by atoms with Crippen molar-refractivity contribution in [3.05, 3.63) is 60.7 Å². The van der Waals surface area contributed by atoms with Crippen LogP contribution in [0.4, 0.5) is 0 Å². The number of rotatable bonds is 7. The molecule has 5 nitrogen and oxygen atoms in total. The van der Waals surface area contributed by atoms with Crippen LogP contribution in [0.25, 0.3) is 11.0 Å². The van der Waals surface area contributed by atoms with Crippen LogP contribution in [0.3, 0.4) is 0 Å². The van der Waals surface area contributed by atoms with Gasteiger partial charge in [0, 0.05) is 12.4 Å². The molecule has 0 spiro atoms. The summed E-state index contributed by atoms with van der Waals surface area (Å²) in [5, 5.41) is 3.14. The molecule has 1 aromatic carbocycles. The number of hydrogen-bond acceptors (Lipinski definition) is 3. The van der Waals surface area contributed by atoms with Crippen molar-refractivity contribution in [1.29, 1.82) is 0 Å². The van der Waals surface area contributed by atoms with E-state index in [0.29, 0.717) is 0 Å². The second-order valence-electron chi connectivity index (χ2n) is 5.91. The molecule has 1 atom stereocenters. The summed E-state index contributed by atoms with van der Waals surface area (Å²) in [6.45, 7) is 2.42. The molecule has 5 heteroatoms. The van der Waals surface area contributed by atoms with E-state index in [2.05, 4.69) is 22.2 Å². The topological polar surface area (TPSA) is 59.8 Å². The number of pyridine rings is 1. The van der Waals surface area contributed by atoms with Gasteiger partial charge in [0.05, 0.1) is 23.4 Å². The van der Waals surface area contributed by atoms with Gasteiger partial charge in [-0.25, -0.2) is 4.98 Å². The average molecular weight is 322 g/mol. The highest BCUT2D eigenvalue weighted by atomic mass is 16.2. The molecule has 24 heavy (non-hydrogen) atoms. The quantitative estimate of drug-likeness (QED) is 0.724. The van der Waals surface area contributed by atoms with Gasteiger partial charge in [0.2, 0.25) is 5.91 Å². The summed E-state index contributed by atoms with van der Waals surface area (Å²) in [5.41, 5.74) is 2.93. The highest BCUT2D eigenvalue weighted by Gasteiger charge is 2.15. The standard InChI is InChI=1S/C19H22N4O/c1-2-3-8-16(15-7-6-11-20-12-15)22-19(24)13-23-14-21-17-9-4-5-10-18(17)23/h4-7,9-12,14,16H,2-3,8,13H2,1H3,(H,22,24)/t16-/m0/s1. The number of amides is 1. The van der Waals surface area contributed by atoms with Crippen LogP contribution >= 0.6 is 0 Å². The number of unbranched alkanes of at least 4 members (excludes halogenated alkanes) is 1. The van der Waals surface area contributed by atoms with Gasteiger partial charge in [-0.1, -0.05) is 38.0 Å². The molecule has 0 aliphatic carbocycles. The van der Waals surface area contributed by atoms with Crippen molar-refractivity contribution in [2.45, 2.75) is 38.8 Å². The number of nitrogens with one attached hydrogen (secondary N) is 1. The highest BCUT2D eigenvalue weighted by Crippen LogP contribution is 2.19. The Kier molecular flexibility index (Phi) is 5.21. The Balaban J connectivity index is 1.71. The molecule has 3 rings (SSSR count). The number of aromatic nitrogens is 3. The van der Waals surface area contributed by atoms with Crippen LogP contribution < -0.4 is 5.32 Å². The second kappa shape index (κ2) is 7.73.